The fourth-order valence-corrected chi connectivity index (χ4v) is 4.00. The van der Waals surface area contributed by atoms with E-state index in [0.29, 0.717) is 30.5 Å². The minimum absolute atomic E-state index is 0.0174. The molecule has 28 heavy (non-hydrogen) atoms. The fraction of sp³-hybridized carbons (Fsp3) is 0.762. The maximum Gasteiger partial charge on any atom is 0.276 e. The molecule has 2 amide bonds. The van der Waals surface area contributed by atoms with E-state index in [2.05, 4.69) is 24.3 Å². The van der Waals surface area contributed by atoms with Crippen molar-refractivity contribution in [3.8, 4) is 0 Å². The molecular weight excluding hydrogens is 356 g/mol. The van der Waals surface area contributed by atoms with Crippen LogP contribution in [0.4, 0.5) is 0 Å². The molecule has 2 fully saturated rings. The monoisotopic (exact) mass is 390 g/mol. The molecule has 0 bridgehead atoms. The highest BCUT2D eigenvalue weighted by atomic mass is 16.5. The molecule has 156 valence electrons. The van der Waals surface area contributed by atoms with Crippen molar-refractivity contribution in [1.29, 1.82) is 0 Å². The molecule has 0 spiro atoms. The summed E-state index contributed by atoms with van der Waals surface area (Å²) >= 11 is 0. The second-order valence-corrected chi connectivity index (χ2v) is 8.99. The molecule has 3 N–H and O–H groups in total. The minimum atomic E-state index is -0.126. The maximum absolute atomic E-state index is 13.1. The summed E-state index contributed by atoms with van der Waals surface area (Å²) in [4.78, 5) is 27.1. The van der Waals surface area contributed by atoms with E-state index in [0.717, 1.165) is 44.3 Å². The Labute approximate surface area is 167 Å². The predicted octanol–water partition coefficient (Wildman–Crippen LogP) is 2.81. The van der Waals surface area contributed by atoms with Crippen LogP contribution in [0.25, 0.3) is 0 Å². The number of nitrogens with one attached hydrogen (secondary N) is 1. The highest BCUT2D eigenvalue weighted by Crippen LogP contribution is 2.40. The predicted molar refractivity (Wildman–Crippen MR) is 107 cm³/mol. The lowest BCUT2D eigenvalue weighted by molar-refractivity contribution is -0.122. The third kappa shape index (κ3) is 5.56. The lowest BCUT2D eigenvalue weighted by atomic mass is 9.89. The zero-order valence-electron chi connectivity index (χ0n) is 17.3. The van der Waals surface area contributed by atoms with Gasteiger partial charge in [-0.25, -0.2) is 0 Å². The van der Waals surface area contributed by atoms with Crippen LogP contribution in [0.5, 0.6) is 0 Å². The molecule has 1 heterocycles. The van der Waals surface area contributed by atoms with E-state index in [1.54, 1.807) is 0 Å². The summed E-state index contributed by atoms with van der Waals surface area (Å²) in [6.45, 7) is 6.79. The largest absolute Gasteiger partial charge is 0.360 e. The van der Waals surface area contributed by atoms with E-state index in [9.17, 15) is 9.59 Å². The summed E-state index contributed by atoms with van der Waals surface area (Å²) in [6.07, 6.45) is 6.12. The van der Waals surface area contributed by atoms with Crippen LogP contribution in [0.1, 0.15) is 87.9 Å². The molecule has 3 rings (SSSR count). The Hall–Kier alpha value is -1.89. The Balaban J connectivity index is 1.59. The van der Waals surface area contributed by atoms with E-state index in [1.165, 1.54) is 0 Å². The lowest BCUT2D eigenvalue weighted by Crippen LogP contribution is -2.47. The van der Waals surface area contributed by atoms with Gasteiger partial charge in [-0.2, -0.15) is 0 Å². The second-order valence-electron chi connectivity index (χ2n) is 8.99. The van der Waals surface area contributed by atoms with Crippen LogP contribution < -0.4 is 11.1 Å². The maximum atomic E-state index is 13.1. The lowest BCUT2D eigenvalue weighted by Gasteiger charge is -2.37. The molecule has 2 aliphatic carbocycles. The summed E-state index contributed by atoms with van der Waals surface area (Å²) in [5, 5.41) is 7.13. The number of amides is 2. The van der Waals surface area contributed by atoms with E-state index < -0.39 is 0 Å². The molecule has 1 atom stereocenters. The van der Waals surface area contributed by atoms with Gasteiger partial charge in [0.1, 0.15) is 5.76 Å². The summed E-state index contributed by atoms with van der Waals surface area (Å²) < 4.78 is 5.39. The van der Waals surface area contributed by atoms with Crippen molar-refractivity contribution >= 4 is 11.8 Å². The molecule has 2 saturated carbocycles. The molecule has 0 radical (unpaired) electrons. The summed E-state index contributed by atoms with van der Waals surface area (Å²) in [5.41, 5.74) is 6.13. The van der Waals surface area contributed by atoms with Gasteiger partial charge in [0, 0.05) is 43.1 Å². The number of hydrogen-bond acceptors (Lipinski definition) is 5. The normalized spacial score (nSPS) is 23.5. The highest BCUT2D eigenvalue weighted by Gasteiger charge is 2.33. The van der Waals surface area contributed by atoms with E-state index in [4.69, 9.17) is 10.3 Å². The zero-order valence-corrected chi connectivity index (χ0v) is 17.3. The summed E-state index contributed by atoms with van der Waals surface area (Å²) in [7, 11) is 0. The Bertz CT molecular complexity index is 673. The molecular formula is C21H34N4O3. The number of carbonyl (C=O) groups is 2. The van der Waals surface area contributed by atoms with Gasteiger partial charge in [0.2, 0.25) is 5.91 Å². The first-order valence-electron chi connectivity index (χ1n) is 10.7. The number of nitrogens with zero attached hydrogens (tertiary/aromatic N) is 2. The first-order chi connectivity index (χ1) is 13.3. The average Bonchev–Trinajstić information content (AvgIpc) is 3.36. The minimum Gasteiger partial charge on any atom is -0.360 e. The molecule has 2 aliphatic rings. The van der Waals surface area contributed by atoms with Crippen LogP contribution in [0, 0.1) is 5.92 Å². The van der Waals surface area contributed by atoms with Gasteiger partial charge in [-0.15, -0.1) is 0 Å². The van der Waals surface area contributed by atoms with Crippen LogP contribution in [0.2, 0.25) is 0 Å². The SMILES string of the molecule is CC(C)CN(C(=O)c1cc(C2CC2)on1)[C@H]1CC[C@H](NC(=O)C[C@H](C)N)CC1. The summed E-state index contributed by atoms with van der Waals surface area (Å²) in [6, 6.07) is 2.05. The van der Waals surface area contributed by atoms with Gasteiger partial charge in [0.15, 0.2) is 5.69 Å². The van der Waals surface area contributed by atoms with Crippen LogP contribution in [-0.4, -0.2) is 46.5 Å². The Morgan fingerprint density at radius 3 is 2.46 bits per heavy atom. The number of carbonyl (C=O) groups excluding carboxylic acids is 2. The number of aromatic nitrogens is 1. The van der Waals surface area contributed by atoms with Crippen molar-refractivity contribution < 1.29 is 14.1 Å². The van der Waals surface area contributed by atoms with Crippen molar-refractivity contribution in [2.24, 2.45) is 11.7 Å². The Morgan fingerprint density at radius 2 is 1.89 bits per heavy atom. The van der Waals surface area contributed by atoms with Crippen molar-refractivity contribution in [2.75, 3.05) is 6.54 Å². The van der Waals surface area contributed by atoms with Crippen LogP contribution in [0.15, 0.2) is 10.6 Å². The Kier molecular flexibility index (Phi) is 6.75. The van der Waals surface area contributed by atoms with Gasteiger partial charge >= 0.3 is 0 Å². The first kappa shape index (κ1) is 20.8. The average molecular weight is 391 g/mol. The number of nitrogens with two attached hydrogens (primary N) is 1. The van der Waals surface area contributed by atoms with E-state index in [-0.39, 0.29) is 29.9 Å². The first-order valence-corrected chi connectivity index (χ1v) is 10.7. The summed E-state index contributed by atoms with van der Waals surface area (Å²) in [5.74, 6) is 1.65. The Morgan fingerprint density at radius 1 is 1.21 bits per heavy atom. The van der Waals surface area contributed by atoms with Crippen molar-refractivity contribution in [3.05, 3.63) is 17.5 Å². The van der Waals surface area contributed by atoms with Gasteiger partial charge in [0.05, 0.1) is 0 Å². The quantitative estimate of drug-likeness (QED) is 0.711. The zero-order chi connectivity index (χ0) is 20.3. The van der Waals surface area contributed by atoms with Crippen molar-refractivity contribution in [1.82, 2.24) is 15.4 Å². The highest BCUT2D eigenvalue weighted by molar-refractivity contribution is 5.92. The van der Waals surface area contributed by atoms with Gasteiger partial charge in [0.25, 0.3) is 5.91 Å². The topological polar surface area (TPSA) is 101 Å². The van der Waals surface area contributed by atoms with Crippen LogP contribution in [-0.2, 0) is 4.79 Å². The molecule has 1 aromatic heterocycles. The fourth-order valence-electron chi connectivity index (χ4n) is 4.00. The van der Waals surface area contributed by atoms with Gasteiger partial charge in [-0.1, -0.05) is 19.0 Å². The molecule has 0 saturated heterocycles. The van der Waals surface area contributed by atoms with Crippen LogP contribution >= 0.6 is 0 Å². The second kappa shape index (κ2) is 9.07. The number of hydrogen-bond donors (Lipinski definition) is 2. The third-order valence-corrected chi connectivity index (χ3v) is 5.56. The molecule has 0 unspecified atom stereocenters. The van der Waals surface area contributed by atoms with Crippen molar-refractivity contribution in [2.45, 2.75) is 89.8 Å². The van der Waals surface area contributed by atoms with Gasteiger partial charge in [-0.3, -0.25) is 9.59 Å². The van der Waals surface area contributed by atoms with Crippen molar-refractivity contribution in [3.63, 3.8) is 0 Å². The third-order valence-electron chi connectivity index (χ3n) is 5.56. The molecule has 7 nitrogen and oxygen atoms in total. The molecule has 0 aliphatic heterocycles. The molecule has 7 heteroatoms. The van der Waals surface area contributed by atoms with Crippen LogP contribution in [0.3, 0.4) is 0 Å². The molecule has 0 aromatic carbocycles. The number of rotatable bonds is 8. The smallest absolute Gasteiger partial charge is 0.276 e. The van der Waals surface area contributed by atoms with Gasteiger partial charge < -0.3 is 20.5 Å². The van der Waals surface area contributed by atoms with E-state index >= 15 is 0 Å². The van der Waals surface area contributed by atoms with E-state index in [1.807, 2.05) is 17.9 Å². The molecule has 1 aromatic rings. The standard InChI is InChI=1S/C21H34N4O3/c1-13(2)12-25(21(27)18-11-19(28-24-18)15-4-5-15)17-8-6-16(7-9-17)23-20(26)10-14(3)22/h11,13-17H,4-10,12,22H2,1-3H3,(H,23,26)/t14-,16-,17-/m0/s1. The van der Waals surface area contributed by atoms with Gasteiger partial charge in [-0.05, 0) is 51.4 Å².